The van der Waals surface area contributed by atoms with E-state index in [4.69, 9.17) is 4.42 Å². The molecule has 0 fully saturated rings. The van der Waals surface area contributed by atoms with Gasteiger partial charge in [-0.2, -0.15) is 0 Å². The first kappa shape index (κ1) is 41.9. The number of hydrogen-bond donors (Lipinski definition) is 0. The highest BCUT2D eigenvalue weighted by Crippen LogP contribution is 2.56. The summed E-state index contributed by atoms with van der Waals surface area (Å²) in [7, 11) is 0. The Morgan fingerprint density at radius 2 is 1.19 bits per heavy atom. The van der Waals surface area contributed by atoms with Crippen molar-refractivity contribution in [2.24, 2.45) is 0 Å². The van der Waals surface area contributed by atoms with Crippen LogP contribution in [0.15, 0.2) is 95.4 Å². The molecule has 338 valence electrons. The summed E-state index contributed by atoms with van der Waals surface area (Å²) in [4.78, 5) is 2.73. The maximum absolute atomic E-state index is 7.23. The number of para-hydroxylation sites is 1. The third kappa shape index (κ3) is 5.58. The number of nitrogens with zero attached hydrogens (tertiary/aromatic N) is 2. The van der Waals surface area contributed by atoms with Gasteiger partial charge >= 0.3 is 6.85 Å². The van der Waals surface area contributed by atoms with E-state index in [1.165, 1.54) is 140 Å². The zero-order valence-corrected chi connectivity index (χ0v) is 43.1. The summed E-state index contributed by atoms with van der Waals surface area (Å²) < 4.78 is 12.8. The van der Waals surface area contributed by atoms with Crippen LogP contribution in [0, 0.1) is 0 Å². The number of furan rings is 1. The average molecular weight is 897 g/mol. The number of hydrogen-bond acceptors (Lipinski definition) is 3. The van der Waals surface area contributed by atoms with Crippen LogP contribution < -0.4 is 15.1 Å². The Morgan fingerprint density at radius 3 is 1.88 bits per heavy atom. The van der Waals surface area contributed by atoms with Crippen molar-refractivity contribution in [1.82, 2.24) is 4.48 Å². The van der Waals surface area contributed by atoms with Gasteiger partial charge in [-0.1, -0.05) is 127 Å². The molecule has 5 heteroatoms. The summed E-state index contributed by atoms with van der Waals surface area (Å²) in [5.74, 6) is 0. The van der Waals surface area contributed by atoms with Crippen molar-refractivity contribution in [3.63, 3.8) is 0 Å². The molecule has 4 aliphatic rings. The predicted molar refractivity (Wildman–Crippen MR) is 291 cm³/mol. The van der Waals surface area contributed by atoms with E-state index in [1.54, 1.807) is 0 Å². The molecule has 5 heterocycles. The van der Waals surface area contributed by atoms with Crippen molar-refractivity contribution in [3.05, 3.63) is 124 Å². The first-order valence-corrected chi connectivity index (χ1v) is 25.9. The van der Waals surface area contributed by atoms with Crippen LogP contribution in [0.25, 0.3) is 65.0 Å². The zero-order chi connectivity index (χ0) is 46.9. The fraction of sp³-hybridized carbons (Fsp3) is 0.387. The van der Waals surface area contributed by atoms with Crippen LogP contribution in [-0.2, 0) is 32.5 Å². The van der Waals surface area contributed by atoms with Crippen LogP contribution in [0.2, 0.25) is 0 Å². The van der Waals surface area contributed by atoms with Gasteiger partial charge in [-0.3, -0.25) is 0 Å². The standard InChI is InChI=1S/C62H65BN2OS/c1-57(2,3)34-19-22-47-38(27-34)39-28-35(58(4,5)6)29-42-51-52-48(32-40-37-17-15-16-18-49(37)66-55(40)51)64(36-20-21-43-44(30-36)60(9,10)24-23-59(43,7)8)54-41-31-45-46(62(13,14)26-25-61(45,11)12)33-50(41)67-56(54)63(52)65(47)53(39)42/h15-22,27-33H,23-26H2,1-14H3. The van der Waals surface area contributed by atoms with Crippen LogP contribution in [0.1, 0.15) is 156 Å². The Kier molecular flexibility index (Phi) is 8.05. The highest BCUT2D eigenvalue weighted by atomic mass is 32.1. The van der Waals surface area contributed by atoms with Gasteiger partial charge in [0.15, 0.2) is 0 Å². The lowest BCUT2D eigenvalue weighted by Crippen LogP contribution is -2.55. The number of rotatable bonds is 1. The van der Waals surface area contributed by atoms with Crippen LogP contribution >= 0.6 is 11.3 Å². The lowest BCUT2D eigenvalue weighted by molar-refractivity contribution is 0.332. The second kappa shape index (κ2) is 12.9. The van der Waals surface area contributed by atoms with E-state index < -0.39 is 0 Å². The van der Waals surface area contributed by atoms with Gasteiger partial charge < -0.3 is 13.8 Å². The van der Waals surface area contributed by atoms with Gasteiger partial charge in [0.05, 0.1) is 5.69 Å². The Labute approximate surface area is 401 Å². The molecule has 13 rings (SSSR count). The van der Waals surface area contributed by atoms with Crippen LogP contribution in [0.3, 0.4) is 0 Å². The van der Waals surface area contributed by atoms with E-state index in [9.17, 15) is 0 Å². The molecule has 2 aliphatic carbocycles. The van der Waals surface area contributed by atoms with Crippen molar-refractivity contribution >= 4 is 99.3 Å². The summed E-state index contributed by atoms with van der Waals surface area (Å²) >= 11 is 2.04. The monoisotopic (exact) mass is 896 g/mol. The summed E-state index contributed by atoms with van der Waals surface area (Å²) in [6.07, 6.45) is 4.74. The molecule has 2 aliphatic heterocycles. The Hall–Kier alpha value is -5.26. The molecule has 6 aromatic carbocycles. The molecular formula is C62H65BN2OS. The number of thiophene rings is 1. The average Bonchev–Trinajstić information content (AvgIpc) is 3.94. The minimum absolute atomic E-state index is 0.00708. The van der Waals surface area contributed by atoms with Crippen LogP contribution in [-0.4, -0.2) is 11.3 Å². The van der Waals surface area contributed by atoms with Gasteiger partial charge in [0, 0.05) is 69.9 Å². The lowest BCUT2D eigenvalue weighted by Gasteiger charge is -2.44. The van der Waals surface area contributed by atoms with Gasteiger partial charge in [-0.05, 0) is 158 Å². The largest absolute Gasteiger partial charge is 0.455 e. The minimum atomic E-state index is -0.0749. The highest BCUT2D eigenvalue weighted by molar-refractivity contribution is 7.32. The van der Waals surface area contributed by atoms with E-state index in [-0.39, 0.29) is 39.3 Å². The van der Waals surface area contributed by atoms with Crippen molar-refractivity contribution in [1.29, 1.82) is 0 Å². The maximum atomic E-state index is 7.23. The third-order valence-electron chi connectivity index (χ3n) is 17.6. The molecule has 0 bridgehead atoms. The summed E-state index contributed by atoms with van der Waals surface area (Å²) in [6, 6.07) is 36.6. The van der Waals surface area contributed by atoms with Gasteiger partial charge in [-0.25, -0.2) is 0 Å². The number of aromatic nitrogens is 1. The summed E-state index contributed by atoms with van der Waals surface area (Å²) in [6.45, 7) is 33.9. The molecule has 0 radical (unpaired) electrons. The molecule has 0 saturated heterocycles. The van der Waals surface area contributed by atoms with Crippen molar-refractivity contribution in [3.8, 4) is 11.1 Å². The molecule has 0 N–H and O–H groups in total. The van der Waals surface area contributed by atoms with Crippen molar-refractivity contribution in [2.75, 3.05) is 4.90 Å². The molecule has 0 amide bonds. The Morgan fingerprint density at radius 1 is 0.567 bits per heavy atom. The van der Waals surface area contributed by atoms with Crippen LogP contribution in [0.5, 0.6) is 0 Å². The zero-order valence-electron chi connectivity index (χ0n) is 42.3. The van der Waals surface area contributed by atoms with Gasteiger partial charge in [0.2, 0.25) is 0 Å². The fourth-order valence-corrected chi connectivity index (χ4v) is 14.5. The maximum Gasteiger partial charge on any atom is 0.343 e. The fourth-order valence-electron chi connectivity index (χ4n) is 13.2. The Balaban J connectivity index is 1.25. The second-order valence-electron chi connectivity index (χ2n) is 25.9. The van der Waals surface area contributed by atoms with Crippen molar-refractivity contribution in [2.45, 2.75) is 155 Å². The smallest absolute Gasteiger partial charge is 0.343 e. The van der Waals surface area contributed by atoms with E-state index in [0.29, 0.717) is 0 Å². The van der Waals surface area contributed by atoms with Crippen LogP contribution in [0.4, 0.5) is 17.1 Å². The molecular weight excluding hydrogens is 832 g/mol. The summed E-state index contributed by atoms with van der Waals surface area (Å²) in [5, 5.41) is 6.41. The molecule has 0 unspecified atom stereocenters. The van der Waals surface area contributed by atoms with E-state index in [2.05, 4.69) is 197 Å². The molecule has 0 spiro atoms. The van der Waals surface area contributed by atoms with Gasteiger partial charge in [0.25, 0.3) is 0 Å². The normalized spacial score (nSPS) is 18.8. The molecule has 3 nitrogen and oxygen atoms in total. The Bertz CT molecular complexity index is 3680. The molecule has 9 aromatic rings. The third-order valence-corrected chi connectivity index (χ3v) is 18.8. The quantitative estimate of drug-likeness (QED) is 0.153. The van der Waals surface area contributed by atoms with E-state index >= 15 is 0 Å². The van der Waals surface area contributed by atoms with Crippen molar-refractivity contribution < 1.29 is 4.42 Å². The molecule has 0 atom stereocenters. The highest BCUT2D eigenvalue weighted by Gasteiger charge is 2.48. The molecule has 67 heavy (non-hydrogen) atoms. The number of anilines is 3. The molecule has 0 saturated carbocycles. The van der Waals surface area contributed by atoms with Gasteiger partial charge in [0.1, 0.15) is 11.2 Å². The number of fused-ring (bicyclic) bond motifs is 15. The first-order chi connectivity index (χ1) is 31.4. The molecule has 3 aromatic heterocycles. The van der Waals surface area contributed by atoms with E-state index in [1.807, 2.05) is 11.3 Å². The minimum Gasteiger partial charge on any atom is -0.455 e. The topological polar surface area (TPSA) is 21.3 Å². The lowest BCUT2D eigenvalue weighted by atomic mass is 9.48. The SMILES string of the molecule is CC(C)(C)c1ccc2c(c1)c1cc(C(C)(C)C)cc3c1n2B1c2sc4cc5c(cc4c2N(c2ccc4c(c2)C(C)(C)CCC4(C)C)c2cc4c(oc6ccccc64)c-3c21)C(C)(C)CCC5(C)C. The first-order valence-electron chi connectivity index (χ1n) is 25.1. The summed E-state index contributed by atoms with van der Waals surface area (Å²) in [5.41, 5.74) is 21.3. The second-order valence-corrected chi connectivity index (χ2v) is 27.0. The van der Waals surface area contributed by atoms with Gasteiger partial charge in [-0.15, -0.1) is 11.3 Å². The number of benzene rings is 6. The van der Waals surface area contributed by atoms with E-state index in [0.717, 1.165) is 11.2 Å². The predicted octanol–water partition coefficient (Wildman–Crippen LogP) is 16.6.